The number of benzene rings is 1. The van der Waals surface area contributed by atoms with Crippen LogP contribution in [0.1, 0.15) is 33.6 Å². The van der Waals surface area contributed by atoms with Crippen LogP contribution < -0.4 is 10.9 Å². The minimum absolute atomic E-state index is 0.0523. The Morgan fingerprint density at radius 2 is 2.04 bits per heavy atom. The molecule has 3 rings (SSSR count). The molecule has 0 aliphatic rings. The standard InChI is InChI=1S/C20H24N4O2S2/c1-4-11-24-19(26)18-17(16(23-28-18)14-9-7-6-8-10-14)22-20(24)27-12-15(25)21-13(3)5-2/h6-10,13H,4-5,11-12H2,1-3H3,(H,21,25)/t13-/m1/s1. The van der Waals surface area contributed by atoms with E-state index in [2.05, 4.69) is 9.69 Å². The number of hydrogen-bond acceptors (Lipinski definition) is 6. The highest BCUT2D eigenvalue weighted by Gasteiger charge is 2.19. The molecule has 0 spiro atoms. The van der Waals surface area contributed by atoms with Gasteiger partial charge in [-0.15, -0.1) is 0 Å². The minimum Gasteiger partial charge on any atom is -0.353 e. The number of amides is 1. The number of hydrogen-bond donors (Lipinski definition) is 1. The lowest BCUT2D eigenvalue weighted by molar-refractivity contribution is -0.119. The summed E-state index contributed by atoms with van der Waals surface area (Å²) < 4.78 is 6.71. The van der Waals surface area contributed by atoms with E-state index >= 15 is 0 Å². The van der Waals surface area contributed by atoms with E-state index in [-0.39, 0.29) is 23.3 Å². The Kier molecular flexibility index (Phi) is 6.85. The van der Waals surface area contributed by atoms with Gasteiger partial charge in [-0.05, 0) is 31.3 Å². The maximum absolute atomic E-state index is 13.0. The summed E-state index contributed by atoms with van der Waals surface area (Å²) in [6.45, 7) is 6.59. The molecule has 1 N–H and O–H groups in total. The number of nitrogens with zero attached hydrogens (tertiary/aromatic N) is 3. The second-order valence-corrected chi connectivity index (χ2v) is 8.31. The number of rotatable bonds is 8. The van der Waals surface area contributed by atoms with Crippen LogP contribution in [0.25, 0.3) is 21.5 Å². The first kappa shape index (κ1) is 20.5. The van der Waals surface area contributed by atoms with Crippen molar-refractivity contribution in [3.05, 3.63) is 40.7 Å². The van der Waals surface area contributed by atoms with Crippen molar-refractivity contribution >= 4 is 39.4 Å². The molecular formula is C20H24N4O2S2. The highest BCUT2D eigenvalue weighted by Crippen LogP contribution is 2.29. The first-order valence-electron chi connectivity index (χ1n) is 9.42. The van der Waals surface area contributed by atoms with Gasteiger partial charge in [0.25, 0.3) is 5.56 Å². The van der Waals surface area contributed by atoms with Crippen molar-refractivity contribution in [1.29, 1.82) is 0 Å². The molecule has 8 heteroatoms. The molecule has 6 nitrogen and oxygen atoms in total. The fourth-order valence-electron chi connectivity index (χ4n) is 2.76. The molecule has 0 bridgehead atoms. The molecule has 2 heterocycles. The zero-order valence-corrected chi connectivity index (χ0v) is 17.9. The molecule has 1 atom stereocenters. The van der Waals surface area contributed by atoms with E-state index in [4.69, 9.17) is 4.98 Å². The van der Waals surface area contributed by atoms with E-state index in [1.807, 2.05) is 51.1 Å². The highest BCUT2D eigenvalue weighted by molar-refractivity contribution is 7.99. The molecule has 0 aliphatic heterocycles. The van der Waals surface area contributed by atoms with Crippen LogP contribution in [0, 0.1) is 0 Å². The zero-order valence-electron chi connectivity index (χ0n) is 16.3. The lowest BCUT2D eigenvalue weighted by Gasteiger charge is -2.13. The van der Waals surface area contributed by atoms with E-state index in [0.29, 0.717) is 27.6 Å². The molecule has 148 valence electrons. The zero-order chi connectivity index (χ0) is 20.1. The molecule has 0 aliphatic carbocycles. The van der Waals surface area contributed by atoms with Gasteiger partial charge in [0, 0.05) is 18.2 Å². The molecule has 0 radical (unpaired) electrons. The quantitative estimate of drug-likeness (QED) is 0.445. The molecule has 0 saturated heterocycles. The molecule has 0 fully saturated rings. The largest absolute Gasteiger partial charge is 0.353 e. The average Bonchev–Trinajstić information content (AvgIpc) is 3.13. The van der Waals surface area contributed by atoms with Gasteiger partial charge in [0.1, 0.15) is 15.9 Å². The fourth-order valence-corrected chi connectivity index (χ4v) is 4.38. The molecule has 28 heavy (non-hydrogen) atoms. The lowest BCUT2D eigenvalue weighted by atomic mass is 10.1. The van der Waals surface area contributed by atoms with Crippen molar-refractivity contribution < 1.29 is 4.79 Å². The second kappa shape index (κ2) is 9.34. The smallest absolute Gasteiger partial charge is 0.273 e. The van der Waals surface area contributed by atoms with E-state index in [1.165, 1.54) is 23.3 Å². The number of thioether (sulfide) groups is 1. The summed E-state index contributed by atoms with van der Waals surface area (Å²) in [5, 5.41) is 3.52. The summed E-state index contributed by atoms with van der Waals surface area (Å²) in [5.74, 6) is 0.174. The molecule has 1 amide bonds. The maximum atomic E-state index is 13.0. The van der Waals surface area contributed by atoms with Gasteiger partial charge in [0.05, 0.1) is 5.75 Å². The molecule has 0 saturated carbocycles. The van der Waals surface area contributed by atoms with E-state index in [9.17, 15) is 9.59 Å². The van der Waals surface area contributed by atoms with Crippen LogP contribution in [0.2, 0.25) is 0 Å². The van der Waals surface area contributed by atoms with Gasteiger partial charge in [-0.3, -0.25) is 14.2 Å². The Balaban J connectivity index is 1.99. The number of carbonyl (C=O) groups excluding carboxylic acids is 1. The molecular weight excluding hydrogens is 392 g/mol. The summed E-state index contributed by atoms with van der Waals surface area (Å²) in [5.41, 5.74) is 2.17. The summed E-state index contributed by atoms with van der Waals surface area (Å²) in [4.78, 5) is 30.0. The predicted octanol–water partition coefficient (Wildman–Crippen LogP) is 3.94. The first-order chi connectivity index (χ1) is 13.5. The van der Waals surface area contributed by atoms with Crippen molar-refractivity contribution in [3.8, 4) is 11.3 Å². The van der Waals surface area contributed by atoms with Gasteiger partial charge in [0.2, 0.25) is 5.91 Å². The van der Waals surface area contributed by atoms with Crippen molar-refractivity contribution in [1.82, 2.24) is 19.2 Å². The second-order valence-electron chi connectivity index (χ2n) is 6.59. The molecule has 0 unspecified atom stereocenters. The molecule has 1 aromatic carbocycles. The highest BCUT2D eigenvalue weighted by atomic mass is 32.2. The predicted molar refractivity (Wildman–Crippen MR) is 116 cm³/mol. The normalized spacial score (nSPS) is 12.2. The van der Waals surface area contributed by atoms with Gasteiger partial charge in [-0.25, -0.2) is 4.98 Å². The number of nitrogens with one attached hydrogen (secondary N) is 1. The van der Waals surface area contributed by atoms with E-state index < -0.39 is 0 Å². The third kappa shape index (κ3) is 4.44. The Morgan fingerprint density at radius 3 is 2.71 bits per heavy atom. The third-order valence-corrected chi connectivity index (χ3v) is 6.19. The van der Waals surface area contributed by atoms with Gasteiger partial charge in [-0.2, -0.15) is 4.37 Å². The van der Waals surface area contributed by atoms with Crippen LogP contribution in [0.3, 0.4) is 0 Å². The van der Waals surface area contributed by atoms with Gasteiger partial charge < -0.3 is 5.32 Å². The monoisotopic (exact) mass is 416 g/mol. The molecule has 2 aromatic heterocycles. The fraction of sp³-hybridized carbons (Fsp3) is 0.400. The van der Waals surface area contributed by atoms with Crippen LogP contribution in [0.15, 0.2) is 40.3 Å². The maximum Gasteiger partial charge on any atom is 0.273 e. The number of aromatic nitrogens is 3. The van der Waals surface area contributed by atoms with Crippen molar-refractivity contribution in [3.63, 3.8) is 0 Å². The first-order valence-corrected chi connectivity index (χ1v) is 11.2. The van der Waals surface area contributed by atoms with Gasteiger partial charge in [0.15, 0.2) is 5.16 Å². The Hall–Kier alpha value is -2.19. The van der Waals surface area contributed by atoms with Crippen molar-refractivity contribution in [2.45, 2.75) is 51.4 Å². The minimum atomic E-state index is -0.0867. The van der Waals surface area contributed by atoms with Crippen LogP contribution in [0.5, 0.6) is 0 Å². The average molecular weight is 417 g/mol. The summed E-state index contributed by atoms with van der Waals surface area (Å²) >= 11 is 2.49. The van der Waals surface area contributed by atoms with Crippen LogP contribution in [-0.4, -0.2) is 31.6 Å². The van der Waals surface area contributed by atoms with Crippen LogP contribution >= 0.6 is 23.3 Å². The number of fused-ring (bicyclic) bond motifs is 1. The van der Waals surface area contributed by atoms with E-state index in [0.717, 1.165) is 18.4 Å². The lowest BCUT2D eigenvalue weighted by Crippen LogP contribution is -2.33. The third-order valence-electron chi connectivity index (χ3n) is 4.39. The van der Waals surface area contributed by atoms with Gasteiger partial charge >= 0.3 is 0 Å². The van der Waals surface area contributed by atoms with E-state index in [1.54, 1.807) is 4.57 Å². The Bertz CT molecular complexity index is 1010. The summed E-state index contributed by atoms with van der Waals surface area (Å²) in [6, 6.07) is 9.87. The topological polar surface area (TPSA) is 76.9 Å². The van der Waals surface area contributed by atoms with Gasteiger partial charge in [-0.1, -0.05) is 55.9 Å². The summed E-state index contributed by atoms with van der Waals surface area (Å²) in [7, 11) is 0. The summed E-state index contributed by atoms with van der Waals surface area (Å²) in [6.07, 6.45) is 1.69. The van der Waals surface area contributed by atoms with Crippen LogP contribution in [-0.2, 0) is 11.3 Å². The SMILES string of the molecule is CCCn1c(SCC(=O)N[C@H](C)CC)nc2c(-c3ccccc3)nsc2c1=O. The van der Waals surface area contributed by atoms with Crippen molar-refractivity contribution in [2.24, 2.45) is 0 Å². The van der Waals surface area contributed by atoms with Crippen LogP contribution in [0.4, 0.5) is 0 Å². The Labute approximate surface area is 172 Å². The van der Waals surface area contributed by atoms with Crippen molar-refractivity contribution in [2.75, 3.05) is 5.75 Å². The number of carbonyl (C=O) groups is 1. The molecule has 3 aromatic rings. The Morgan fingerprint density at radius 1 is 1.29 bits per heavy atom.